The summed E-state index contributed by atoms with van der Waals surface area (Å²) in [6.07, 6.45) is 0. The van der Waals surface area contributed by atoms with E-state index >= 15 is 0 Å². The van der Waals surface area contributed by atoms with Gasteiger partial charge in [-0.15, -0.1) is 0 Å². The van der Waals surface area contributed by atoms with Gasteiger partial charge in [-0.2, -0.15) is 0 Å². The topological polar surface area (TPSA) is 85.4 Å². The van der Waals surface area contributed by atoms with Crippen LogP contribution < -0.4 is 34.9 Å². The number of benzene rings is 2. The van der Waals surface area contributed by atoms with E-state index in [0.717, 1.165) is 5.56 Å². The van der Waals surface area contributed by atoms with Crippen LogP contribution in [0.2, 0.25) is 0 Å². The average Bonchev–Trinajstić information content (AvgIpc) is 2.83. The zero-order chi connectivity index (χ0) is 23.4. The van der Waals surface area contributed by atoms with Gasteiger partial charge < -0.3 is 23.7 Å². The molecule has 0 spiro atoms. The first kappa shape index (κ1) is 22.8. The van der Waals surface area contributed by atoms with Crippen molar-refractivity contribution < 1.29 is 23.7 Å². The molecule has 9 heteroatoms. The minimum absolute atomic E-state index is 0.248. The van der Waals surface area contributed by atoms with Gasteiger partial charge in [-0.25, -0.2) is 9.79 Å². The average molecular weight is 441 g/mol. The normalized spacial score (nSPS) is 11.3. The summed E-state index contributed by atoms with van der Waals surface area (Å²) in [5.41, 5.74) is 2.03. The lowest BCUT2D eigenvalue weighted by Crippen LogP contribution is -2.37. The molecule has 3 aromatic rings. The molecule has 0 amide bonds. The summed E-state index contributed by atoms with van der Waals surface area (Å²) < 4.78 is 30.0. The Balaban J connectivity index is 2.30. The van der Waals surface area contributed by atoms with Gasteiger partial charge in [0.25, 0.3) is 0 Å². The predicted octanol–water partition coefficient (Wildman–Crippen LogP) is 2.67. The van der Waals surface area contributed by atoms with Crippen LogP contribution in [0, 0.1) is 0 Å². The number of rotatable bonds is 7. The number of hydrogen-bond donors (Lipinski definition) is 0. The molecular formula is C23H27N3O6. The maximum Gasteiger partial charge on any atom is 0.329 e. The van der Waals surface area contributed by atoms with Crippen LogP contribution in [0.5, 0.6) is 28.7 Å². The van der Waals surface area contributed by atoms with Crippen LogP contribution in [0.4, 0.5) is 5.69 Å². The summed E-state index contributed by atoms with van der Waals surface area (Å²) in [5, 5.41) is 0. The van der Waals surface area contributed by atoms with Crippen molar-refractivity contribution in [1.82, 2.24) is 9.13 Å². The van der Waals surface area contributed by atoms with E-state index < -0.39 is 0 Å². The maximum absolute atomic E-state index is 13.0. The number of nitrogens with zero attached hydrogens (tertiary/aromatic N) is 3. The van der Waals surface area contributed by atoms with E-state index in [9.17, 15) is 4.79 Å². The first-order chi connectivity index (χ1) is 15.4. The Kier molecular flexibility index (Phi) is 6.77. The van der Waals surface area contributed by atoms with Crippen molar-refractivity contribution >= 4 is 5.69 Å². The van der Waals surface area contributed by atoms with Crippen LogP contribution in [0.25, 0.3) is 11.3 Å². The minimum atomic E-state index is -0.248. The molecule has 3 rings (SSSR count). The molecule has 1 heterocycles. The van der Waals surface area contributed by atoms with Gasteiger partial charge in [-0.05, 0) is 18.2 Å². The molecule has 0 atom stereocenters. The van der Waals surface area contributed by atoms with Crippen molar-refractivity contribution in [3.8, 4) is 40.0 Å². The second kappa shape index (κ2) is 9.51. The fourth-order valence-electron chi connectivity index (χ4n) is 3.33. The molecule has 2 aromatic carbocycles. The minimum Gasteiger partial charge on any atom is -0.496 e. The quantitative estimate of drug-likeness (QED) is 0.560. The van der Waals surface area contributed by atoms with Gasteiger partial charge in [0.05, 0.1) is 41.2 Å². The van der Waals surface area contributed by atoms with Gasteiger partial charge >= 0.3 is 5.69 Å². The van der Waals surface area contributed by atoms with Crippen molar-refractivity contribution in [2.24, 2.45) is 19.1 Å². The zero-order valence-corrected chi connectivity index (χ0v) is 19.3. The lowest BCUT2D eigenvalue weighted by Gasteiger charge is -2.15. The molecule has 1 aromatic heterocycles. The first-order valence-corrected chi connectivity index (χ1v) is 9.72. The SMILES string of the molecule is COc1cc(OC)c(N=c2cc(-c3ccc(OC)c(OC)c3)n(C)c(=O)n2C)c(OC)c1. The summed E-state index contributed by atoms with van der Waals surface area (Å²) in [4.78, 5) is 17.7. The molecule has 32 heavy (non-hydrogen) atoms. The van der Waals surface area contributed by atoms with Gasteiger partial charge in [0, 0.05) is 37.9 Å². The molecule has 0 N–H and O–H groups in total. The summed E-state index contributed by atoms with van der Waals surface area (Å²) >= 11 is 0. The lowest BCUT2D eigenvalue weighted by molar-refractivity contribution is 0.355. The highest BCUT2D eigenvalue weighted by Gasteiger charge is 2.15. The highest BCUT2D eigenvalue weighted by Crippen LogP contribution is 2.40. The van der Waals surface area contributed by atoms with Gasteiger partial charge in [-0.1, -0.05) is 0 Å². The van der Waals surface area contributed by atoms with E-state index in [0.29, 0.717) is 45.6 Å². The van der Waals surface area contributed by atoms with E-state index in [1.807, 2.05) is 18.2 Å². The van der Waals surface area contributed by atoms with Gasteiger partial charge in [0.2, 0.25) is 0 Å². The van der Waals surface area contributed by atoms with Crippen molar-refractivity contribution in [2.75, 3.05) is 35.5 Å². The molecular weight excluding hydrogens is 414 g/mol. The molecule has 0 bridgehead atoms. The van der Waals surface area contributed by atoms with Crippen LogP contribution in [0.1, 0.15) is 0 Å². The molecule has 0 radical (unpaired) electrons. The summed E-state index contributed by atoms with van der Waals surface area (Å²) in [7, 11) is 11.1. The lowest BCUT2D eigenvalue weighted by atomic mass is 10.1. The van der Waals surface area contributed by atoms with Crippen LogP contribution in [0.3, 0.4) is 0 Å². The standard InChI is InChI=1S/C23H27N3O6/c1-25-16(14-8-9-17(29-4)18(10-14)30-5)13-21(26(2)23(25)27)24-22-19(31-6)11-15(28-3)12-20(22)32-7/h8-13H,1-7H3. The molecule has 170 valence electrons. The highest BCUT2D eigenvalue weighted by molar-refractivity contribution is 5.66. The van der Waals surface area contributed by atoms with Gasteiger partial charge in [0.15, 0.2) is 23.0 Å². The van der Waals surface area contributed by atoms with Crippen LogP contribution >= 0.6 is 0 Å². The third-order valence-corrected chi connectivity index (χ3v) is 5.14. The zero-order valence-electron chi connectivity index (χ0n) is 19.3. The number of methoxy groups -OCH3 is 5. The second-order valence-electron chi connectivity index (χ2n) is 6.85. The molecule has 0 aliphatic rings. The number of aromatic nitrogens is 2. The Labute approximate surface area is 186 Å². The van der Waals surface area contributed by atoms with Crippen LogP contribution in [0.15, 0.2) is 46.2 Å². The van der Waals surface area contributed by atoms with Gasteiger partial charge in [-0.3, -0.25) is 9.13 Å². The van der Waals surface area contributed by atoms with Crippen molar-refractivity contribution in [1.29, 1.82) is 0 Å². The summed E-state index contributed by atoms with van der Waals surface area (Å²) in [6, 6.07) is 10.7. The first-order valence-electron chi connectivity index (χ1n) is 9.72. The van der Waals surface area contributed by atoms with E-state index in [4.69, 9.17) is 28.7 Å². The predicted molar refractivity (Wildman–Crippen MR) is 121 cm³/mol. The summed E-state index contributed by atoms with van der Waals surface area (Å²) in [6.45, 7) is 0. The van der Waals surface area contributed by atoms with E-state index in [2.05, 4.69) is 0 Å². The Morgan fingerprint density at radius 3 is 1.81 bits per heavy atom. The number of hydrogen-bond acceptors (Lipinski definition) is 7. The summed E-state index contributed by atoms with van der Waals surface area (Å²) in [5.74, 6) is 2.63. The molecule has 0 aliphatic carbocycles. The monoisotopic (exact) mass is 441 g/mol. The largest absolute Gasteiger partial charge is 0.496 e. The fraction of sp³-hybridized carbons (Fsp3) is 0.304. The maximum atomic E-state index is 13.0. The Bertz CT molecular complexity index is 1230. The van der Waals surface area contributed by atoms with E-state index in [1.165, 1.54) is 18.8 Å². The Morgan fingerprint density at radius 1 is 0.688 bits per heavy atom. The van der Waals surface area contributed by atoms with Crippen molar-refractivity contribution in [3.63, 3.8) is 0 Å². The fourth-order valence-corrected chi connectivity index (χ4v) is 3.33. The van der Waals surface area contributed by atoms with Gasteiger partial charge in [0.1, 0.15) is 16.9 Å². The Morgan fingerprint density at radius 2 is 1.28 bits per heavy atom. The molecule has 0 fully saturated rings. The third-order valence-electron chi connectivity index (χ3n) is 5.14. The Hall–Kier alpha value is -3.88. The van der Waals surface area contributed by atoms with E-state index in [1.54, 1.807) is 58.2 Å². The smallest absolute Gasteiger partial charge is 0.329 e. The van der Waals surface area contributed by atoms with Crippen LogP contribution in [-0.4, -0.2) is 44.7 Å². The van der Waals surface area contributed by atoms with Crippen LogP contribution in [-0.2, 0) is 14.1 Å². The third kappa shape index (κ3) is 4.14. The molecule has 0 aliphatic heterocycles. The van der Waals surface area contributed by atoms with Crippen molar-refractivity contribution in [2.45, 2.75) is 0 Å². The molecule has 0 saturated heterocycles. The van der Waals surface area contributed by atoms with E-state index in [-0.39, 0.29) is 5.69 Å². The van der Waals surface area contributed by atoms with Crippen molar-refractivity contribution in [3.05, 3.63) is 52.4 Å². The molecule has 0 unspecified atom stereocenters. The molecule has 0 saturated carbocycles. The number of ether oxygens (including phenoxy) is 5. The highest BCUT2D eigenvalue weighted by atomic mass is 16.5. The second-order valence-corrected chi connectivity index (χ2v) is 6.85. The molecule has 9 nitrogen and oxygen atoms in total.